The van der Waals surface area contributed by atoms with Crippen LogP contribution in [0.15, 0.2) is 36.5 Å². The van der Waals surface area contributed by atoms with Crippen molar-refractivity contribution in [1.82, 2.24) is 20.2 Å². The third-order valence-corrected chi connectivity index (χ3v) is 4.61. The number of nitriles is 1. The lowest BCUT2D eigenvalue weighted by molar-refractivity contribution is 0.265. The van der Waals surface area contributed by atoms with Gasteiger partial charge in [-0.1, -0.05) is 0 Å². The van der Waals surface area contributed by atoms with Gasteiger partial charge in [0.05, 0.1) is 22.7 Å². The van der Waals surface area contributed by atoms with E-state index in [1.807, 2.05) is 6.07 Å². The Morgan fingerprint density at radius 1 is 1.15 bits per heavy atom. The summed E-state index contributed by atoms with van der Waals surface area (Å²) in [5.41, 5.74) is 0.145. The fourth-order valence-corrected chi connectivity index (χ4v) is 3.13. The number of H-pyrrole nitrogens is 1. The molecule has 4 rings (SSSR count). The largest absolute Gasteiger partial charge is 0.343 e. The number of anilines is 1. The van der Waals surface area contributed by atoms with Crippen molar-refractivity contribution in [3.8, 4) is 17.5 Å². The minimum atomic E-state index is -0.658. The van der Waals surface area contributed by atoms with Crippen molar-refractivity contribution in [3.05, 3.63) is 59.4 Å². The van der Waals surface area contributed by atoms with Crippen molar-refractivity contribution in [2.75, 3.05) is 5.32 Å². The third-order valence-electron chi connectivity index (χ3n) is 4.61. The first kappa shape index (κ1) is 16.1. The quantitative estimate of drug-likeness (QED) is 0.750. The van der Waals surface area contributed by atoms with Gasteiger partial charge in [-0.15, -0.1) is 10.2 Å². The Morgan fingerprint density at radius 3 is 2.69 bits per heavy atom. The summed E-state index contributed by atoms with van der Waals surface area (Å²) >= 11 is 0. The monoisotopic (exact) mass is 352 g/mol. The molecule has 0 radical (unpaired) electrons. The molecular weight excluding hydrogens is 338 g/mol. The highest BCUT2D eigenvalue weighted by Crippen LogP contribution is 2.43. The first-order valence-electron chi connectivity index (χ1n) is 8.13. The van der Waals surface area contributed by atoms with E-state index < -0.39 is 11.4 Å². The zero-order chi connectivity index (χ0) is 18.1. The SMILES string of the molecule is N#Cc1ccc(F)c(-c2nnc(NC3(c4ncccc4F)CCC3)[nH]2)c1. The molecule has 0 amide bonds. The second kappa shape index (κ2) is 6.19. The number of hydrogen-bond donors (Lipinski definition) is 2. The molecule has 8 heteroatoms. The highest BCUT2D eigenvalue weighted by Gasteiger charge is 2.42. The molecular formula is C18H14F2N6. The van der Waals surface area contributed by atoms with Crippen LogP contribution in [0, 0.1) is 23.0 Å². The molecule has 6 nitrogen and oxygen atoms in total. The maximum atomic E-state index is 14.2. The number of aromatic amines is 1. The van der Waals surface area contributed by atoms with E-state index in [1.54, 1.807) is 12.3 Å². The van der Waals surface area contributed by atoms with Crippen molar-refractivity contribution in [2.45, 2.75) is 24.8 Å². The molecule has 1 aliphatic rings. The Labute approximate surface area is 147 Å². The van der Waals surface area contributed by atoms with Crippen LogP contribution in [0.4, 0.5) is 14.7 Å². The maximum Gasteiger partial charge on any atom is 0.222 e. The summed E-state index contributed by atoms with van der Waals surface area (Å²) in [6.45, 7) is 0. The van der Waals surface area contributed by atoms with Crippen LogP contribution in [0.25, 0.3) is 11.4 Å². The number of benzene rings is 1. The maximum absolute atomic E-state index is 14.2. The Bertz CT molecular complexity index is 1000. The first-order chi connectivity index (χ1) is 12.6. The Balaban J connectivity index is 1.65. The lowest BCUT2D eigenvalue weighted by Gasteiger charge is -2.41. The van der Waals surface area contributed by atoms with Gasteiger partial charge in [0.25, 0.3) is 0 Å². The van der Waals surface area contributed by atoms with Crippen molar-refractivity contribution in [2.24, 2.45) is 0 Å². The molecule has 1 aromatic carbocycles. The molecule has 3 aromatic rings. The molecule has 2 heterocycles. The molecule has 1 fully saturated rings. The van der Waals surface area contributed by atoms with E-state index in [9.17, 15) is 8.78 Å². The standard InChI is InChI=1S/C18H14F2N6/c19-13-5-4-11(10-21)9-12(13)16-23-17(26-25-16)24-18(6-2-7-18)15-14(20)3-1-8-22-15/h1,3-5,8-9H,2,6-7H2,(H2,23,24,25,26). The number of nitrogens with one attached hydrogen (secondary N) is 2. The van der Waals surface area contributed by atoms with Crippen LogP contribution in [-0.2, 0) is 5.54 Å². The Hall–Kier alpha value is -3.34. The van der Waals surface area contributed by atoms with Crippen LogP contribution < -0.4 is 5.32 Å². The molecule has 2 aromatic heterocycles. The summed E-state index contributed by atoms with van der Waals surface area (Å²) in [6, 6.07) is 8.88. The van der Waals surface area contributed by atoms with E-state index in [-0.39, 0.29) is 17.2 Å². The van der Waals surface area contributed by atoms with Crippen LogP contribution in [0.5, 0.6) is 0 Å². The lowest BCUT2D eigenvalue weighted by atomic mass is 9.74. The molecule has 2 N–H and O–H groups in total. The van der Waals surface area contributed by atoms with Gasteiger partial charge in [-0.25, -0.2) is 8.78 Å². The Kier molecular flexibility index (Phi) is 3.84. The van der Waals surface area contributed by atoms with Crippen molar-refractivity contribution < 1.29 is 8.78 Å². The number of halogens is 2. The minimum Gasteiger partial charge on any atom is -0.343 e. The predicted octanol–water partition coefficient (Wildman–Crippen LogP) is 3.51. The normalized spacial score (nSPS) is 15.1. The van der Waals surface area contributed by atoms with Gasteiger partial charge >= 0.3 is 0 Å². The van der Waals surface area contributed by atoms with Gasteiger partial charge in [0, 0.05) is 6.20 Å². The smallest absolute Gasteiger partial charge is 0.222 e. The Morgan fingerprint density at radius 2 is 2.00 bits per heavy atom. The average Bonchev–Trinajstić information content (AvgIpc) is 3.07. The van der Waals surface area contributed by atoms with E-state index in [0.29, 0.717) is 30.0 Å². The lowest BCUT2D eigenvalue weighted by Crippen LogP contribution is -2.44. The summed E-state index contributed by atoms with van der Waals surface area (Å²) in [5, 5.41) is 20.1. The molecule has 0 aliphatic heterocycles. The summed E-state index contributed by atoms with van der Waals surface area (Å²) in [4.78, 5) is 7.08. The predicted molar refractivity (Wildman–Crippen MR) is 89.8 cm³/mol. The molecule has 0 spiro atoms. The number of pyridine rings is 1. The number of nitrogens with zero attached hydrogens (tertiary/aromatic N) is 4. The van der Waals surface area contributed by atoms with Crippen LogP contribution in [0.1, 0.15) is 30.5 Å². The number of rotatable bonds is 4. The summed E-state index contributed by atoms with van der Waals surface area (Å²) < 4.78 is 28.2. The van der Waals surface area contributed by atoms with Gasteiger partial charge in [0.15, 0.2) is 5.82 Å². The average molecular weight is 352 g/mol. The summed E-state index contributed by atoms with van der Waals surface area (Å²) in [5.74, 6) is -0.405. The molecule has 0 atom stereocenters. The van der Waals surface area contributed by atoms with E-state index >= 15 is 0 Å². The second-order valence-electron chi connectivity index (χ2n) is 6.22. The van der Waals surface area contributed by atoms with Gasteiger partial charge in [0.2, 0.25) is 5.95 Å². The van der Waals surface area contributed by atoms with Gasteiger partial charge in [-0.05, 0) is 49.6 Å². The van der Waals surface area contributed by atoms with E-state index in [2.05, 4.69) is 25.5 Å². The zero-order valence-corrected chi connectivity index (χ0v) is 13.6. The van der Waals surface area contributed by atoms with E-state index in [1.165, 1.54) is 24.3 Å². The fourth-order valence-electron chi connectivity index (χ4n) is 3.13. The van der Waals surface area contributed by atoms with Crippen LogP contribution >= 0.6 is 0 Å². The van der Waals surface area contributed by atoms with E-state index in [4.69, 9.17) is 5.26 Å². The summed E-state index contributed by atoms with van der Waals surface area (Å²) in [7, 11) is 0. The van der Waals surface area contributed by atoms with Gasteiger partial charge < -0.3 is 10.3 Å². The van der Waals surface area contributed by atoms with Crippen molar-refractivity contribution in [3.63, 3.8) is 0 Å². The van der Waals surface area contributed by atoms with Crippen LogP contribution in [0.2, 0.25) is 0 Å². The number of hydrogen-bond acceptors (Lipinski definition) is 5. The molecule has 0 bridgehead atoms. The number of aromatic nitrogens is 4. The first-order valence-corrected chi connectivity index (χ1v) is 8.13. The zero-order valence-electron chi connectivity index (χ0n) is 13.6. The molecule has 0 unspecified atom stereocenters. The molecule has 1 saturated carbocycles. The highest BCUT2D eigenvalue weighted by atomic mass is 19.1. The van der Waals surface area contributed by atoms with Gasteiger partial charge in [-0.2, -0.15) is 5.26 Å². The van der Waals surface area contributed by atoms with Gasteiger partial charge in [-0.3, -0.25) is 4.98 Å². The second-order valence-corrected chi connectivity index (χ2v) is 6.22. The van der Waals surface area contributed by atoms with Crippen molar-refractivity contribution in [1.29, 1.82) is 5.26 Å². The van der Waals surface area contributed by atoms with Crippen LogP contribution in [0.3, 0.4) is 0 Å². The minimum absolute atomic E-state index is 0.149. The fraction of sp³-hybridized carbons (Fsp3) is 0.222. The topological polar surface area (TPSA) is 90.3 Å². The van der Waals surface area contributed by atoms with Gasteiger partial charge in [0.1, 0.15) is 17.3 Å². The molecule has 130 valence electrons. The van der Waals surface area contributed by atoms with E-state index in [0.717, 1.165) is 6.42 Å². The molecule has 26 heavy (non-hydrogen) atoms. The van der Waals surface area contributed by atoms with Crippen molar-refractivity contribution >= 4 is 5.95 Å². The summed E-state index contributed by atoms with van der Waals surface area (Å²) in [6.07, 6.45) is 3.89. The van der Waals surface area contributed by atoms with Crippen LogP contribution in [-0.4, -0.2) is 20.2 Å². The third kappa shape index (κ3) is 2.67. The molecule has 1 aliphatic carbocycles. The highest BCUT2D eigenvalue weighted by molar-refractivity contribution is 5.60. The molecule has 0 saturated heterocycles.